The predicted molar refractivity (Wildman–Crippen MR) is 105 cm³/mol. The molecule has 2 fully saturated rings. The van der Waals surface area contributed by atoms with Gasteiger partial charge in [0.25, 0.3) is 0 Å². The Morgan fingerprint density at radius 2 is 1.85 bits per heavy atom. The highest BCUT2D eigenvalue weighted by Gasteiger charge is 2.28. The van der Waals surface area contributed by atoms with Gasteiger partial charge in [-0.1, -0.05) is 31.9 Å². The van der Waals surface area contributed by atoms with E-state index >= 15 is 0 Å². The Hall–Kier alpha value is -1.82. The number of nitrogens with zero attached hydrogens (tertiary/aromatic N) is 2. The Morgan fingerprint density at radius 3 is 2.46 bits per heavy atom. The zero-order valence-electron chi connectivity index (χ0n) is 15.6. The third kappa shape index (κ3) is 4.11. The van der Waals surface area contributed by atoms with Crippen molar-refractivity contribution in [3.63, 3.8) is 0 Å². The number of sulfonamides is 1. The van der Waals surface area contributed by atoms with Gasteiger partial charge in [0.2, 0.25) is 15.9 Å². The number of likely N-dealkylation sites (N-methyl/N-ethyl adjacent to an activating group) is 1. The number of hydrogen-bond donors (Lipinski definition) is 0. The van der Waals surface area contributed by atoms with E-state index in [0.29, 0.717) is 30.6 Å². The van der Waals surface area contributed by atoms with Crippen molar-refractivity contribution >= 4 is 27.7 Å². The highest BCUT2D eigenvalue weighted by molar-refractivity contribution is 7.93. The molecular weight excluding hydrogens is 348 g/mol. The van der Waals surface area contributed by atoms with Gasteiger partial charge in [-0.05, 0) is 49.0 Å². The van der Waals surface area contributed by atoms with Crippen LogP contribution in [0.15, 0.2) is 30.3 Å². The number of rotatable bonds is 4. The molecule has 1 heterocycles. The minimum absolute atomic E-state index is 0.0231. The fourth-order valence-corrected chi connectivity index (χ4v) is 5.57. The molecule has 6 heteroatoms. The number of carbonyl (C=O) groups excluding carboxylic acids is 1. The second kappa shape index (κ2) is 7.82. The van der Waals surface area contributed by atoms with Crippen LogP contribution in [0.2, 0.25) is 0 Å². The van der Waals surface area contributed by atoms with E-state index in [1.54, 1.807) is 24.3 Å². The average molecular weight is 377 g/mol. The molecule has 1 aromatic carbocycles. The van der Waals surface area contributed by atoms with Crippen molar-refractivity contribution in [2.75, 3.05) is 23.7 Å². The molecule has 1 saturated carbocycles. The Labute approximate surface area is 156 Å². The van der Waals surface area contributed by atoms with E-state index in [9.17, 15) is 13.2 Å². The van der Waals surface area contributed by atoms with Crippen molar-refractivity contribution in [3.05, 3.63) is 35.9 Å². The molecule has 1 aromatic rings. The van der Waals surface area contributed by atoms with Crippen molar-refractivity contribution in [1.29, 1.82) is 0 Å². The molecule has 0 N–H and O–H groups in total. The molecule has 142 valence electrons. The van der Waals surface area contributed by atoms with E-state index in [-0.39, 0.29) is 11.7 Å². The lowest BCUT2D eigenvalue weighted by Crippen LogP contribution is -2.41. The Morgan fingerprint density at radius 1 is 1.15 bits per heavy atom. The van der Waals surface area contributed by atoms with E-state index < -0.39 is 10.0 Å². The fourth-order valence-electron chi connectivity index (χ4n) is 4.00. The van der Waals surface area contributed by atoms with Crippen molar-refractivity contribution in [1.82, 2.24) is 4.90 Å². The van der Waals surface area contributed by atoms with Gasteiger partial charge in [0.05, 0.1) is 11.4 Å². The normalized spacial score (nSPS) is 25.5. The summed E-state index contributed by atoms with van der Waals surface area (Å²) < 4.78 is 25.4. The maximum Gasteiger partial charge on any atom is 0.246 e. The number of carbonyl (C=O) groups is 1. The predicted octanol–water partition coefficient (Wildman–Crippen LogP) is 3.28. The summed E-state index contributed by atoms with van der Waals surface area (Å²) in [6, 6.07) is 7.65. The summed E-state index contributed by atoms with van der Waals surface area (Å²) in [5.41, 5.74) is 1.59. The molecule has 0 bridgehead atoms. The van der Waals surface area contributed by atoms with Gasteiger partial charge in [0.1, 0.15) is 0 Å². The zero-order chi connectivity index (χ0) is 18.7. The molecule has 1 saturated heterocycles. The molecule has 26 heavy (non-hydrogen) atoms. The maximum absolute atomic E-state index is 12.5. The SMILES string of the molecule is CC1CCCCC1N(C)C(=O)/C=C/c1ccc(N2CCCS2(=O)=O)cc1. The van der Waals surface area contributed by atoms with Crippen molar-refractivity contribution in [2.24, 2.45) is 5.92 Å². The summed E-state index contributed by atoms with van der Waals surface area (Å²) in [7, 11) is -1.26. The first kappa shape index (κ1) is 19.0. The van der Waals surface area contributed by atoms with Crippen LogP contribution in [0.5, 0.6) is 0 Å². The van der Waals surface area contributed by atoms with Crippen LogP contribution in [0, 0.1) is 5.92 Å². The third-order valence-electron chi connectivity index (χ3n) is 5.61. The van der Waals surface area contributed by atoms with E-state index in [4.69, 9.17) is 0 Å². The molecule has 1 amide bonds. The lowest BCUT2D eigenvalue weighted by Gasteiger charge is -2.35. The minimum Gasteiger partial charge on any atom is -0.339 e. The van der Waals surface area contributed by atoms with Gasteiger partial charge in [-0.2, -0.15) is 0 Å². The number of anilines is 1. The number of benzene rings is 1. The summed E-state index contributed by atoms with van der Waals surface area (Å²) >= 11 is 0. The summed E-state index contributed by atoms with van der Waals surface area (Å²) in [6.07, 6.45) is 8.80. The first-order valence-corrected chi connectivity index (χ1v) is 11.0. The van der Waals surface area contributed by atoms with Crippen molar-refractivity contribution in [3.8, 4) is 0 Å². The summed E-state index contributed by atoms with van der Waals surface area (Å²) in [5.74, 6) is 0.789. The quantitative estimate of drug-likeness (QED) is 0.758. The van der Waals surface area contributed by atoms with E-state index in [0.717, 1.165) is 12.0 Å². The van der Waals surface area contributed by atoms with Crippen molar-refractivity contribution in [2.45, 2.75) is 45.1 Å². The fraction of sp³-hybridized carbons (Fsp3) is 0.550. The van der Waals surface area contributed by atoms with Crippen LogP contribution in [-0.4, -0.2) is 44.6 Å². The Bertz CT molecular complexity index is 771. The summed E-state index contributed by atoms with van der Waals surface area (Å²) in [5, 5.41) is 0. The van der Waals surface area contributed by atoms with E-state index in [1.807, 2.05) is 24.1 Å². The Kier molecular flexibility index (Phi) is 5.70. The van der Waals surface area contributed by atoms with Gasteiger partial charge in [-0.25, -0.2) is 8.42 Å². The molecule has 0 spiro atoms. The van der Waals surface area contributed by atoms with Gasteiger partial charge in [0, 0.05) is 25.7 Å². The molecule has 0 aromatic heterocycles. The smallest absolute Gasteiger partial charge is 0.246 e. The van der Waals surface area contributed by atoms with Crippen LogP contribution in [0.25, 0.3) is 6.08 Å². The number of amides is 1. The highest BCUT2D eigenvalue weighted by atomic mass is 32.2. The molecule has 2 unspecified atom stereocenters. The largest absolute Gasteiger partial charge is 0.339 e. The van der Waals surface area contributed by atoms with Crippen LogP contribution in [0.3, 0.4) is 0 Å². The average Bonchev–Trinajstić information content (AvgIpc) is 2.99. The van der Waals surface area contributed by atoms with Gasteiger partial charge in [0.15, 0.2) is 0 Å². The third-order valence-corrected chi connectivity index (χ3v) is 7.48. The first-order valence-electron chi connectivity index (χ1n) is 9.44. The van der Waals surface area contributed by atoms with Crippen LogP contribution in [-0.2, 0) is 14.8 Å². The summed E-state index contributed by atoms with van der Waals surface area (Å²) in [4.78, 5) is 14.3. The molecule has 2 aliphatic rings. The molecule has 5 nitrogen and oxygen atoms in total. The number of hydrogen-bond acceptors (Lipinski definition) is 3. The van der Waals surface area contributed by atoms with Crippen LogP contribution in [0.1, 0.15) is 44.6 Å². The molecular formula is C20H28N2O3S. The second-order valence-corrected chi connectivity index (χ2v) is 9.46. The van der Waals surface area contributed by atoms with E-state index in [2.05, 4.69) is 6.92 Å². The highest BCUT2D eigenvalue weighted by Crippen LogP contribution is 2.28. The monoisotopic (exact) mass is 376 g/mol. The lowest BCUT2D eigenvalue weighted by molar-refractivity contribution is -0.128. The minimum atomic E-state index is -3.15. The second-order valence-electron chi connectivity index (χ2n) is 7.44. The standard InChI is InChI=1S/C20H28N2O3S/c1-16-6-3-4-7-19(16)21(2)20(23)13-10-17-8-11-18(12-9-17)22-14-5-15-26(22,24)25/h8-13,16,19H,3-7,14-15H2,1-2H3/b13-10+. The molecule has 2 atom stereocenters. The first-order chi connectivity index (χ1) is 12.4. The van der Waals surface area contributed by atoms with Crippen LogP contribution < -0.4 is 4.31 Å². The topological polar surface area (TPSA) is 57.7 Å². The van der Waals surface area contributed by atoms with Gasteiger partial charge >= 0.3 is 0 Å². The van der Waals surface area contributed by atoms with E-state index in [1.165, 1.54) is 23.6 Å². The molecule has 1 aliphatic heterocycles. The zero-order valence-corrected chi connectivity index (χ0v) is 16.4. The maximum atomic E-state index is 12.5. The van der Waals surface area contributed by atoms with Crippen LogP contribution >= 0.6 is 0 Å². The Balaban J connectivity index is 1.64. The van der Waals surface area contributed by atoms with Crippen LogP contribution in [0.4, 0.5) is 5.69 Å². The van der Waals surface area contributed by atoms with Gasteiger partial charge < -0.3 is 4.90 Å². The van der Waals surface area contributed by atoms with Gasteiger partial charge in [-0.15, -0.1) is 0 Å². The lowest BCUT2D eigenvalue weighted by atomic mass is 9.85. The van der Waals surface area contributed by atoms with Gasteiger partial charge in [-0.3, -0.25) is 9.10 Å². The van der Waals surface area contributed by atoms with Crippen molar-refractivity contribution < 1.29 is 13.2 Å². The molecule has 1 aliphatic carbocycles. The molecule has 3 rings (SSSR count). The molecule has 0 radical (unpaired) electrons. The summed E-state index contributed by atoms with van der Waals surface area (Å²) in [6.45, 7) is 2.77.